The third-order valence-electron chi connectivity index (χ3n) is 9.28. The third kappa shape index (κ3) is 7.03. The molecule has 224 valence electrons. The number of fused-ring (bicyclic) bond motifs is 3. The lowest BCUT2D eigenvalue weighted by molar-refractivity contribution is 0.00932. The maximum atomic E-state index is 13.4. The van der Waals surface area contributed by atoms with Gasteiger partial charge in [0.1, 0.15) is 12.4 Å². The fourth-order valence-corrected chi connectivity index (χ4v) is 8.63. The zero-order chi connectivity index (χ0) is 29.1. The van der Waals surface area contributed by atoms with Crippen molar-refractivity contribution in [1.29, 1.82) is 0 Å². The number of amides is 1. The number of benzene rings is 2. The molecule has 1 saturated carbocycles. The molecule has 41 heavy (non-hydrogen) atoms. The van der Waals surface area contributed by atoms with Crippen LogP contribution in [0.15, 0.2) is 36.4 Å². The van der Waals surface area contributed by atoms with Gasteiger partial charge in [0, 0.05) is 23.7 Å². The number of rotatable bonds is 1. The quantitative estimate of drug-likeness (QED) is 0.409. The van der Waals surface area contributed by atoms with Gasteiger partial charge in [0.25, 0.3) is 5.91 Å². The van der Waals surface area contributed by atoms with Crippen LogP contribution in [0.4, 0.5) is 5.69 Å². The largest absolute Gasteiger partial charge is 0.487 e. The fourth-order valence-electron chi connectivity index (χ4n) is 6.71. The molecule has 5 rings (SSSR count). The summed E-state index contributed by atoms with van der Waals surface area (Å²) in [6.07, 6.45) is 7.08. The Labute approximate surface area is 249 Å². The lowest BCUT2D eigenvalue weighted by Crippen LogP contribution is -2.44. The summed E-state index contributed by atoms with van der Waals surface area (Å²) in [6, 6.07) is 11.1. The van der Waals surface area contributed by atoms with E-state index in [1.807, 2.05) is 32.0 Å². The highest BCUT2D eigenvalue weighted by Gasteiger charge is 2.38. The Morgan fingerprint density at radius 2 is 1.80 bits per heavy atom. The molecule has 0 saturated heterocycles. The van der Waals surface area contributed by atoms with E-state index < -0.39 is 21.2 Å². The molecule has 2 bridgehead atoms. The number of nitrogens with zero attached hydrogens (tertiary/aromatic N) is 1. The SMILES string of the molecule is CC(C)[C@H]1CCCC[C@H](O)[C@@H]2CC[C@H]2CN2CCCCc3cc(Cl)ccc3COc3ccc(cc32)C(=O)NS1(=O)=O. The third-order valence-corrected chi connectivity index (χ3v) is 11.6. The summed E-state index contributed by atoms with van der Waals surface area (Å²) in [5.74, 6) is 0.483. The smallest absolute Gasteiger partial charge is 0.264 e. The molecule has 2 N–H and O–H groups in total. The number of anilines is 1. The van der Waals surface area contributed by atoms with Crippen LogP contribution in [-0.4, -0.2) is 43.9 Å². The molecule has 9 heteroatoms. The molecule has 0 spiro atoms. The van der Waals surface area contributed by atoms with Gasteiger partial charge >= 0.3 is 0 Å². The summed E-state index contributed by atoms with van der Waals surface area (Å²) in [5, 5.41) is 11.1. The minimum Gasteiger partial charge on any atom is -0.487 e. The molecule has 2 aliphatic heterocycles. The Morgan fingerprint density at radius 3 is 2.56 bits per heavy atom. The number of halogens is 1. The minimum atomic E-state index is -3.89. The Hall–Kier alpha value is -2.29. The number of aliphatic hydroxyl groups is 1. The second-order valence-corrected chi connectivity index (χ2v) is 14.7. The normalized spacial score (nSPS) is 27.3. The molecule has 1 aliphatic carbocycles. The van der Waals surface area contributed by atoms with Crippen LogP contribution in [0.2, 0.25) is 5.02 Å². The van der Waals surface area contributed by atoms with Crippen molar-refractivity contribution in [2.24, 2.45) is 17.8 Å². The van der Waals surface area contributed by atoms with Gasteiger partial charge in [0.2, 0.25) is 10.0 Å². The highest BCUT2D eigenvalue weighted by molar-refractivity contribution is 7.90. The Morgan fingerprint density at radius 1 is 1.00 bits per heavy atom. The first-order valence-corrected chi connectivity index (χ1v) is 17.1. The minimum absolute atomic E-state index is 0.144. The number of aryl methyl sites for hydroxylation is 1. The van der Waals surface area contributed by atoms with E-state index in [1.165, 1.54) is 5.56 Å². The summed E-state index contributed by atoms with van der Waals surface area (Å²) in [5.41, 5.74) is 3.35. The summed E-state index contributed by atoms with van der Waals surface area (Å²) < 4.78 is 35.5. The van der Waals surface area contributed by atoms with Crippen LogP contribution in [0, 0.1) is 17.8 Å². The van der Waals surface area contributed by atoms with Crippen molar-refractivity contribution in [3.8, 4) is 5.75 Å². The first kappa shape index (κ1) is 30.2. The van der Waals surface area contributed by atoms with Crippen molar-refractivity contribution < 1.29 is 23.1 Å². The van der Waals surface area contributed by atoms with E-state index in [1.54, 1.807) is 18.2 Å². The van der Waals surface area contributed by atoms with Gasteiger partial charge in [-0.05, 0) is 104 Å². The van der Waals surface area contributed by atoms with Crippen LogP contribution < -0.4 is 14.4 Å². The van der Waals surface area contributed by atoms with Crippen molar-refractivity contribution >= 4 is 33.2 Å². The summed E-state index contributed by atoms with van der Waals surface area (Å²) in [7, 11) is -3.89. The molecule has 3 aliphatic rings. The number of carbonyl (C=O) groups is 1. The van der Waals surface area contributed by atoms with Crippen molar-refractivity contribution in [3.63, 3.8) is 0 Å². The average Bonchev–Trinajstić information content (AvgIpc) is 2.93. The van der Waals surface area contributed by atoms with Gasteiger partial charge in [-0.15, -0.1) is 0 Å². The molecule has 0 unspecified atom stereocenters. The van der Waals surface area contributed by atoms with Crippen molar-refractivity contribution in [2.45, 2.75) is 89.6 Å². The van der Waals surface area contributed by atoms with E-state index in [2.05, 4.69) is 9.62 Å². The molecule has 0 aromatic heterocycles. The van der Waals surface area contributed by atoms with Gasteiger partial charge in [0.15, 0.2) is 0 Å². The van der Waals surface area contributed by atoms with Crippen LogP contribution >= 0.6 is 11.6 Å². The number of aliphatic hydroxyl groups excluding tert-OH is 1. The van der Waals surface area contributed by atoms with Gasteiger partial charge in [-0.1, -0.05) is 44.4 Å². The maximum absolute atomic E-state index is 13.4. The van der Waals surface area contributed by atoms with Crippen LogP contribution in [-0.2, 0) is 23.1 Å². The Balaban J connectivity index is 1.52. The first-order valence-electron chi connectivity index (χ1n) is 15.2. The Bertz CT molecular complexity index is 1350. The molecule has 7 nitrogen and oxygen atoms in total. The second-order valence-electron chi connectivity index (χ2n) is 12.4. The number of hydrogen-bond donors (Lipinski definition) is 2. The highest BCUT2D eigenvalue weighted by atomic mass is 35.5. The van der Waals surface area contributed by atoms with E-state index in [4.69, 9.17) is 16.3 Å². The number of hydrogen-bond acceptors (Lipinski definition) is 6. The predicted octanol–water partition coefficient (Wildman–Crippen LogP) is 6.11. The van der Waals surface area contributed by atoms with Crippen LogP contribution in [0.25, 0.3) is 0 Å². The summed E-state index contributed by atoms with van der Waals surface area (Å²) >= 11 is 6.30. The van der Waals surface area contributed by atoms with Gasteiger partial charge in [-0.3, -0.25) is 4.79 Å². The number of sulfonamides is 1. The molecule has 2 heterocycles. The standard InChI is InChI=1S/C32H43ClN2O5S/c1-21(2)31-9-4-3-8-29(36)27-14-11-24(27)19-35-16-6-5-7-22-17-26(33)13-10-25(22)20-40-30-15-12-23(18-28(30)35)32(37)34-41(31,38)39/h10,12-13,15,17-18,21,24,27,29,31,36H,3-9,11,14,16,19-20H2,1-2H3,(H,34,37)/t24-,27+,29-,31+/m0/s1. The first-order chi connectivity index (χ1) is 19.6. The van der Waals surface area contributed by atoms with E-state index in [9.17, 15) is 18.3 Å². The average molecular weight is 603 g/mol. The molecule has 1 amide bonds. The predicted molar refractivity (Wildman–Crippen MR) is 163 cm³/mol. The molecular formula is C32H43ClN2O5S. The van der Waals surface area contributed by atoms with Gasteiger partial charge in [0.05, 0.1) is 17.0 Å². The zero-order valence-corrected chi connectivity index (χ0v) is 25.7. The van der Waals surface area contributed by atoms with Gasteiger partial charge in [-0.25, -0.2) is 13.1 Å². The molecule has 2 aromatic rings. The van der Waals surface area contributed by atoms with E-state index in [0.29, 0.717) is 48.1 Å². The lowest BCUT2D eigenvalue weighted by atomic mass is 9.69. The van der Waals surface area contributed by atoms with E-state index >= 15 is 0 Å². The molecule has 1 fully saturated rings. The van der Waals surface area contributed by atoms with Crippen molar-refractivity contribution in [3.05, 3.63) is 58.1 Å². The molecule has 0 radical (unpaired) electrons. The van der Waals surface area contributed by atoms with Gasteiger partial charge < -0.3 is 14.7 Å². The monoisotopic (exact) mass is 602 g/mol. The van der Waals surface area contributed by atoms with E-state index in [0.717, 1.165) is 62.9 Å². The maximum Gasteiger partial charge on any atom is 0.264 e. The fraction of sp³-hybridized carbons (Fsp3) is 0.594. The highest BCUT2D eigenvalue weighted by Crippen LogP contribution is 2.41. The second kappa shape index (κ2) is 12.9. The lowest BCUT2D eigenvalue weighted by Gasteiger charge is -2.43. The number of carbonyl (C=O) groups excluding carboxylic acids is 1. The molecular weight excluding hydrogens is 560 g/mol. The summed E-state index contributed by atoms with van der Waals surface area (Å²) in [6.45, 7) is 5.65. The van der Waals surface area contributed by atoms with Crippen molar-refractivity contribution in [2.75, 3.05) is 18.0 Å². The number of nitrogens with one attached hydrogen (secondary N) is 1. The Kier molecular flexibility index (Phi) is 9.51. The van der Waals surface area contributed by atoms with Crippen LogP contribution in [0.1, 0.15) is 86.7 Å². The molecule has 4 atom stereocenters. The topological polar surface area (TPSA) is 95.9 Å². The van der Waals surface area contributed by atoms with Crippen molar-refractivity contribution in [1.82, 2.24) is 4.72 Å². The molecule has 2 aromatic carbocycles. The zero-order valence-electron chi connectivity index (χ0n) is 24.1. The van der Waals surface area contributed by atoms with Crippen LogP contribution in [0.5, 0.6) is 5.75 Å². The van der Waals surface area contributed by atoms with E-state index in [-0.39, 0.29) is 17.9 Å². The number of ether oxygens (including phenoxy) is 1. The summed E-state index contributed by atoms with van der Waals surface area (Å²) in [4.78, 5) is 15.7. The van der Waals surface area contributed by atoms with Gasteiger partial charge in [-0.2, -0.15) is 0 Å². The van der Waals surface area contributed by atoms with Crippen LogP contribution in [0.3, 0.4) is 0 Å².